The van der Waals surface area contributed by atoms with Crippen LogP contribution in [0.3, 0.4) is 0 Å². The molecule has 0 aliphatic heterocycles. The molecule has 4 aromatic rings. The highest BCUT2D eigenvalue weighted by Gasteiger charge is 2.11. The molecule has 4 aromatic heterocycles. The summed E-state index contributed by atoms with van der Waals surface area (Å²) in [6.45, 7) is 0.629. The topological polar surface area (TPSA) is 79.4 Å². The lowest BCUT2D eigenvalue weighted by atomic mass is 10.3. The van der Waals surface area contributed by atoms with E-state index in [0.717, 1.165) is 27.4 Å². The Kier molecular flexibility index (Phi) is 3.24. The van der Waals surface area contributed by atoms with Gasteiger partial charge in [0, 0.05) is 12.4 Å². The Morgan fingerprint density at radius 3 is 2.91 bits per heavy atom. The van der Waals surface area contributed by atoms with Gasteiger partial charge in [-0.25, -0.2) is 9.97 Å². The van der Waals surface area contributed by atoms with E-state index in [4.69, 9.17) is 0 Å². The predicted molar refractivity (Wildman–Crippen MR) is 86.6 cm³/mol. The highest BCUT2D eigenvalue weighted by atomic mass is 32.1. The molecule has 0 fully saturated rings. The SMILES string of the molecule is c1ccc(-c2nc(NCc3ccn[nH]3)c3ccsc3n2)nc1. The van der Waals surface area contributed by atoms with Gasteiger partial charge in [0.05, 0.1) is 17.6 Å². The van der Waals surface area contributed by atoms with E-state index in [1.54, 1.807) is 23.7 Å². The quantitative estimate of drug-likeness (QED) is 0.605. The maximum Gasteiger partial charge on any atom is 0.181 e. The van der Waals surface area contributed by atoms with Gasteiger partial charge < -0.3 is 5.32 Å². The van der Waals surface area contributed by atoms with Crippen LogP contribution in [0.15, 0.2) is 48.1 Å². The number of anilines is 1. The van der Waals surface area contributed by atoms with Gasteiger partial charge >= 0.3 is 0 Å². The molecular weight excluding hydrogens is 296 g/mol. The van der Waals surface area contributed by atoms with Gasteiger partial charge in [-0.1, -0.05) is 6.07 Å². The van der Waals surface area contributed by atoms with E-state index in [1.165, 1.54) is 0 Å². The number of hydrogen-bond acceptors (Lipinski definition) is 6. The highest BCUT2D eigenvalue weighted by Crippen LogP contribution is 2.28. The molecule has 7 heteroatoms. The predicted octanol–water partition coefficient (Wildman–Crippen LogP) is 3.09. The number of aromatic nitrogens is 5. The van der Waals surface area contributed by atoms with Crippen molar-refractivity contribution in [3.8, 4) is 11.5 Å². The van der Waals surface area contributed by atoms with Crippen molar-refractivity contribution >= 4 is 27.4 Å². The summed E-state index contributed by atoms with van der Waals surface area (Å²) in [5.41, 5.74) is 1.77. The smallest absolute Gasteiger partial charge is 0.181 e. The van der Waals surface area contributed by atoms with Crippen LogP contribution in [0.5, 0.6) is 0 Å². The molecule has 4 heterocycles. The standard InChI is InChI=1S/C15H12N6S/c1-2-6-16-12(3-1)14-19-13(11-5-8-22-15(11)20-14)17-9-10-4-7-18-21-10/h1-8H,9H2,(H,18,21)(H,17,19,20). The Labute approximate surface area is 130 Å². The van der Waals surface area contributed by atoms with Crippen molar-refractivity contribution in [1.82, 2.24) is 25.1 Å². The van der Waals surface area contributed by atoms with Crippen LogP contribution in [-0.2, 0) is 6.54 Å². The second-order valence-corrected chi connectivity index (χ2v) is 5.58. The van der Waals surface area contributed by atoms with Crippen LogP contribution in [0.2, 0.25) is 0 Å². The van der Waals surface area contributed by atoms with Crippen LogP contribution in [0, 0.1) is 0 Å². The van der Waals surface area contributed by atoms with Crippen LogP contribution in [-0.4, -0.2) is 25.1 Å². The van der Waals surface area contributed by atoms with E-state index >= 15 is 0 Å². The Morgan fingerprint density at radius 2 is 2.09 bits per heavy atom. The fraction of sp³-hybridized carbons (Fsp3) is 0.0667. The number of H-pyrrole nitrogens is 1. The first-order valence-corrected chi connectivity index (χ1v) is 7.67. The first-order chi connectivity index (χ1) is 10.9. The molecular formula is C15H12N6S. The number of hydrogen-bond donors (Lipinski definition) is 2. The number of thiophene rings is 1. The third kappa shape index (κ3) is 2.42. The number of pyridine rings is 1. The van der Waals surface area contributed by atoms with Gasteiger partial charge in [0.2, 0.25) is 0 Å². The van der Waals surface area contributed by atoms with E-state index in [1.807, 2.05) is 35.7 Å². The zero-order valence-electron chi connectivity index (χ0n) is 11.5. The molecule has 0 spiro atoms. The summed E-state index contributed by atoms with van der Waals surface area (Å²) in [5.74, 6) is 1.43. The average Bonchev–Trinajstić information content (AvgIpc) is 3.24. The maximum absolute atomic E-state index is 4.63. The van der Waals surface area contributed by atoms with Crippen LogP contribution in [0.1, 0.15) is 5.69 Å². The summed E-state index contributed by atoms with van der Waals surface area (Å²) >= 11 is 1.59. The van der Waals surface area contributed by atoms with Gasteiger partial charge in [0.25, 0.3) is 0 Å². The van der Waals surface area contributed by atoms with Crippen molar-refractivity contribution in [1.29, 1.82) is 0 Å². The first kappa shape index (κ1) is 12.9. The largest absolute Gasteiger partial charge is 0.364 e. The van der Waals surface area contributed by atoms with Crippen LogP contribution >= 0.6 is 11.3 Å². The Hall–Kier alpha value is -2.80. The fourth-order valence-corrected chi connectivity index (χ4v) is 2.93. The molecule has 0 atom stereocenters. The highest BCUT2D eigenvalue weighted by molar-refractivity contribution is 7.16. The molecule has 0 amide bonds. The van der Waals surface area contributed by atoms with Gasteiger partial charge in [0.1, 0.15) is 16.3 Å². The van der Waals surface area contributed by atoms with Gasteiger partial charge in [0.15, 0.2) is 5.82 Å². The summed E-state index contributed by atoms with van der Waals surface area (Å²) < 4.78 is 0. The van der Waals surface area contributed by atoms with E-state index in [0.29, 0.717) is 12.4 Å². The first-order valence-electron chi connectivity index (χ1n) is 6.79. The zero-order valence-corrected chi connectivity index (χ0v) is 12.3. The van der Waals surface area contributed by atoms with E-state index in [9.17, 15) is 0 Å². The van der Waals surface area contributed by atoms with Crippen molar-refractivity contribution in [2.45, 2.75) is 6.54 Å². The van der Waals surface area contributed by atoms with Crippen molar-refractivity contribution in [2.75, 3.05) is 5.32 Å². The molecule has 0 radical (unpaired) electrons. The molecule has 0 bridgehead atoms. The zero-order chi connectivity index (χ0) is 14.8. The normalized spacial score (nSPS) is 10.9. The second-order valence-electron chi connectivity index (χ2n) is 4.69. The van der Waals surface area contributed by atoms with E-state index in [2.05, 4.69) is 30.5 Å². The number of fused-ring (bicyclic) bond motifs is 1. The van der Waals surface area contributed by atoms with Gasteiger partial charge in [-0.3, -0.25) is 10.1 Å². The molecule has 0 aliphatic rings. The number of aromatic amines is 1. The molecule has 6 nitrogen and oxygen atoms in total. The summed E-state index contributed by atoms with van der Waals surface area (Å²) in [7, 11) is 0. The Bertz CT molecular complexity index is 885. The van der Waals surface area contributed by atoms with Crippen molar-refractivity contribution in [3.63, 3.8) is 0 Å². The van der Waals surface area contributed by atoms with Crippen molar-refractivity contribution in [2.24, 2.45) is 0 Å². The average molecular weight is 308 g/mol. The Balaban J connectivity index is 1.74. The fourth-order valence-electron chi connectivity index (χ4n) is 2.16. The second kappa shape index (κ2) is 5.53. The minimum atomic E-state index is 0.627. The molecule has 0 saturated heterocycles. The van der Waals surface area contributed by atoms with Gasteiger partial charge in [-0.2, -0.15) is 5.10 Å². The third-order valence-corrected chi connectivity index (χ3v) is 4.03. The summed E-state index contributed by atoms with van der Waals surface area (Å²) in [4.78, 5) is 14.5. The monoisotopic (exact) mass is 308 g/mol. The molecule has 2 N–H and O–H groups in total. The van der Waals surface area contributed by atoms with Gasteiger partial charge in [-0.15, -0.1) is 11.3 Å². The van der Waals surface area contributed by atoms with E-state index < -0.39 is 0 Å². The summed E-state index contributed by atoms with van der Waals surface area (Å²) in [6, 6.07) is 9.68. The lowest BCUT2D eigenvalue weighted by Crippen LogP contribution is -2.04. The van der Waals surface area contributed by atoms with E-state index in [-0.39, 0.29) is 0 Å². The summed E-state index contributed by atoms with van der Waals surface area (Å²) in [5, 5.41) is 13.3. The molecule has 0 aromatic carbocycles. The summed E-state index contributed by atoms with van der Waals surface area (Å²) in [6.07, 6.45) is 3.48. The molecule has 4 rings (SSSR count). The molecule has 0 aliphatic carbocycles. The molecule has 22 heavy (non-hydrogen) atoms. The molecule has 0 unspecified atom stereocenters. The van der Waals surface area contributed by atoms with Crippen LogP contribution in [0.25, 0.3) is 21.7 Å². The number of nitrogens with one attached hydrogen (secondary N) is 2. The minimum Gasteiger partial charge on any atom is -0.364 e. The maximum atomic E-state index is 4.63. The van der Waals surface area contributed by atoms with Gasteiger partial charge in [-0.05, 0) is 29.6 Å². The molecule has 0 saturated carbocycles. The number of rotatable bonds is 4. The lowest BCUT2D eigenvalue weighted by molar-refractivity contribution is 0.975. The third-order valence-electron chi connectivity index (χ3n) is 3.22. The minimum absolute atomic E-state index is 0.627. The Morgan fingerprint density at radius 1 is 1.09 bits per heavy atom. The molecule has 108 valence electrons. The van der Waals surface area contributed by atoms with Crippen LogP contribution < -0.4 is 5.32 Å². The number of nitrogens with zero attached hydrogens (tertiary/aromatic N) is 4. The van der Waals surface area contributed by atoms with Crippen LogP contribution in [0.4, 0.5) is 5.82 Å². The van der Waals surface area contributed by atoms with Crippen molar-refractivity contribution < 1.29 is 0 Å². The van der Waals surface area contributed by atoms with Crippen molar-refractivity contribution in [3.05, 3.63) is 53.8 Å². The lowest BCUT2D eigenvalue weighted by Gasteiger charge is -2.07.